The lowest BCUT2D eigenvalue weighted by Gasteiger charge is -2.20. The zero-order valence-corrected chi connectivity index (χ0v) is 13.3. The van der Waals surface area contributed by atoms with Crippen LogP contribution in [0.4, 0.5) is 0 Å². The first-order valence-electron chi connectivity index (χ1n) is 7.78. The van der Waals surface area contributed by atoms with Gasteiger partial charge < -0.3 is 19.7 Å². The highest BCUT2D eigenvalue weighted by Gasteiger charge is 2.23. The summed E-state index contributed by atoms with van der Waals surface area (Å²) in [5.41, 5.74) is 1.42. The van der Waals surface area contributed by atoms with E-state index in [1.807, 2.05) is 0 Å². The number of fused-ring (bicyclic) bond motifs is 1. The summed E-state index contributed by atoms with van der Waals surface area (Å²) in [6, 6.07) is 1.63. The summed E-state index contributed by atoms with van der Waals surface area (Å²) in [5.74, 6) is -1.70. The summed E-state index contributed by atoms with van der Waals surface area (Å²) in [7, 11) is 1.47. The fraction of sp³-hybridized carbons (Fsp3) is 0.562. The molecule has 0 aliphatic heterocycles. The number of carbonyl (C=O) groups is 2. The standard InChI is InChI=1S/C16H22N2O5/c1-23-8-7-18(10-14(19)20)16(22)12-9-11-5-3-2-4-6-13(11)17-15(12)21/h9H,2-8,10H2,1H3,(H,17,21)(H,19,20). The minimum Gasteiger partial charge on any atom is -0.480 e. The number of amides is 1. The van der Waals surface area contributed by atoms with E-state index >= 15 is 0 Å². The first-order chi connectivity index (χ1) is 11.0. The number of aliphatic carboxylic acids is 1. The van der Waals surface area contributed by atoms with Gasteiger partial charge in [-0.1, -0.05) is 6.42 Å². The van der Waals surface area contributed by atoms with Gasteiger partial charge in [-0.25, -0.2) is 0 Å². The van der Waals surface area contributed by atoms with E-state index in [0.29, 0.717) is 0 Å². The smallest absolute Gasteiger partial charge is 0.323 e. The van der Waals surface area contributed by atoms with Crippen LogP contribution in [-0.2, 0) is 22.4 Å². The zero-order valence-electron chi connectivity index (χ0n) is 13.3. The van der Waals surface area contributed by atoms with Gasteiger partial charge in [0.25, 0.3) is 11.5 Å². The summed E-state index contributed by atoms with van der Waals surface area (Å²) < 4.78 is 4.90. The van der Waals surface area contributed by atoms with Crippen molar-refractivity contribution in [3.63, 3.8) is 0 Å². The first-order valence-corrected chi connectivity index (χ1v) is 7.78. The molecule has 0 aromatic carbocycles. The van der Waals surface area contributed by atoms with Gasteiger partial charge in [0.1, 0.15) is 12.1 Å². The number of aryl methyl sites for hydroxylation is 2. The second kappa shape index (κ2) is 7.92. The molecule has 0 atom stereocenters. The quantitative estimate of drug-likeness (QED) is 0.755. The van der Waals surface area contributed by atoms with Crippen molar-refractivity contribution in [2.75, 3.05) is 26.8 Å². The normalized spacial score (nSPS) is 14.0. The molecule has 7 heteroatoms. The molecule has 1 aliphatic rings. The lowest BCUT2D eigenvalue weighted by molar-refractivity contribution is -0.137. The average molecular weight is 322 g/mol. The number of rotatable bonds is 6. The molecule has 1 amide bonds. The maximum absolute atomic E-state index is 12.6. The largest absolute Gasteiger partial charge is 0.480 e. The van der Waals surface area contributed by atoms with Gasteiger partial charge in [-0.3, -0.25) is 14.4 Å². The minimum absolute atomic E-state index is 0.00278. The van der Waals surface area contributed by atoms with E-state index in [1.165, 1.54) is 7.11 Å². The van der Waals surface area contributed by atoms with Gasteiger partial charge in [-0.2, -0.15) is 0 Å². The number of hydrogen-bond donors (Lipinski definition) is 2. The fourth-order valence-electron chi connectivity index (χ4n) is 2.80. The van der Waals surface area contributed by atoms with Gasteiger partial charge in [0.2, 0.25) is 0 Å². The summed E-state index contributed by atoms with van der Waals surface area (Å²) in [4.78, 5) is 39.7. The van der Waals surface area contributed by atoms with Crippen molar-refractivity contribution in [3.8, 4) is 0 Å². The molecule has 0 fully saturated rings. The molecule has 0 bridgehead atoms. The van der Waals surface area contributed by atoms with Gasteiger partial charge in [0.15, 0.2) is 0 Å². The highest BCUT2D eigenvalue weighted by molar-refractivity contribution is 5.95. The maximum Gasteiger partial charge on any atom is 0.323 e. The Morgan fingerprint density at radius 2 is 2.04 bits per heavy atom. The van der Waals surface area contributed by atoms with E-state index in [2.05, 4.69) is 4.98 Å². The Morgan fingerprint density at radius 1 is 1.30 bits per heavy atom. The van der Waals surface area contributed by atoms with Gasteiger partial charge >= 0.3 is 5.97 Å². The van der Waals surface area contributed by atoms with Crippen molar-refractivity contribution >= 4 is 11.9 Å². The molecule has 2 N–H and O–H groups in total. The summed E-state index contributed by atoms with van der Waals surface area (Å²) in [6.45, 7) is -0.126. The third-order valence-corrected chi connectivity index (χ3v) is 4.00. The number of aromatic nitrogens is 1. The predicted octanol–water partition coefficient (Wildman–Crippen LogP) is 0.817. The fourth-order valence-corrected chi connectivity index (χ4v) is 2.80. The van der Waals surface area contributed by atoms with E-state index < -0.39 is 24.0 Å². The van der Waals surface area contributed by atoms with Crippen molar-refractivity contribution in [2.45, 2.75) is 32.1 Å². The number of nitrogens with zero attached hydrogens (tertiary/aromatic N) is 1. The highest BCUT2D eigenvalue weighted by atomic mass is 16.5. The van der Waals surface area contributed by atoms with Crippen LogP contribution in [0.3, 0.4) is 0 Å². The van der Waals surface area contributed by atoms with Crippen LogP contribution in [0.5, 0.6) is 0 Å². The summed E-state index contributed by atoms with van der Waals surface area (Å²) >= 11 is 0. The Kier molecular flexibility index (Phi) is 5.92. The molecule has 0 radical (unpaired) electrons. The number of methoxy groups -OCH3 is 1. The van der Waals surface area contributed by atoms with Crippen LogP contribution in [0.1, 0.15) is 40.9 Å². The second-order valence-corrected chi connectivity index (χ2v) is 5.69. The minimum atomic E-state index is -1.12. The monoisotopic (exact) mass is 322 g/mol. The van der Waals surface area contributed by atoms with Crippen LogP contribution in [0.25, 0.3) is 0 Å². The Hall–Kier alpha value is -2.15. The predicted molar refractivity (Wildman–Crippen MR) is 83.7 cm³/mol. The van der Waals surface area contributed by atoms with Crippen LogP contribution in [0.15, 0.2) is 10.9 Å². The molecule has 2 rings (SSSR count). The van der Waals surface area contributed by atoms with Gasteiger partial charge in [-0.05, 0) is 37.3 Å². The number of H-pyrrole nitrogens is 1. The topological polar surface area (TPSA) is 99.7 Å². The second-order valence-electron chi connectivity index (χ2n) is 5.69. The van der Waals surface area contributed by atoms with Crippen molar-refractivity contribution < 1.29 is 19.4 Å². The molecule has 1 aromatic heterocycles. The first kappa shape index (κ1) is 17.2. The van der Waals surface area contributed by atoms with Crippen LogP contribution in [0.2, 0.25) is 0 Å². The summed E-state index contributed by atoms with van der Waals surface area (Å²) in [6.07, 6.45) is 4.77. The molecule has 23 heavy (non-hydrogen) atoms. The molecule has 1 heterocycles. The number of aromatic amines is 1. The van der Waals surface area contributed by atoms with Crippen molar-refractivity contribution in [1.82, 2.24) is 9.88 Å². The molecule has 7 nitrogen and oxygen atoms in total. The Labute approximate surface area is 134 Å². The van der Waals surface area contributed by atoms with Crippen LogP contribution in [0, 0.1) is 0 Å². The molecule has 0 saturated carbocycles. The van der Waals surface area contributed by atoms with Gasteiger partial charge in [0.05, 0.1) is 6.61 Å². The van der Waals surface area contributed by atoms with E-state index in [1.54, 1.807) is 6.07 Å². The molecular formula is C16H22N2O5. The third kappa shape index (κ3) is 4.41. The van der Waals surface area contributed by atoms with E-state index in [9.17, 15) is 14.4 Å². The Balaban J connectivity index is 2.30. The van der Waals surface area contributed by atoms with Crippen molar-refractivity contribution in [3.05, 3.63) is 33.2 Å². The number of carbonyl (C=O) groups excluding carboxylic acids is 1. The SMILES string of the molecule is COCCN(CC(=O)O)C(=O)c1cc2c([nH]c1=O)CCCCC2. The molecule has 126 valence electrons. The van der Waals surface area contributed by atoms with E-state index in [4.69, 9.17) is 9.84 Å². The molecular weight excluding hydrogens is 300 g/mol. The number of carboxylic acid groups (broad SMARTS) is 1. The van der Waals surface area contributed by atoms with E-state index in [-0.39, 0.29) is 18.7 Å². The number of carboxylic acids is 1. The molecule has 1 aliphatic carbocycles. The van der Waals surface area contributed by atoms with Gasteiger partial charge in [0, 0.05) is 19.3 Å². The van der Waals surface area contributed by atoms with Gasteiger partial charge in [-0.15, -0.1) is 0 Å². The number of ether oxygens (including phenoxy) is 1. The lowest BCUT2D eigenvalue weighted by Crippen LogP contribution is -2.40. The third-order valence-electron chi connectivity index (χ3n) is 4.00. The molecule has 0 spiro atoms. The van der Waals surface area contributed by atoms with Crippen molar-refractivity contribution in [1.29, 1.82) is 0 Å². The Morgan fingerprint density at radius 3 is 2.74 bits per heavy atom. The lowest BCUT2D eigenvalue weighted by atomic mass is 10.1. The van der Waals surface area contributed by atoms with Crippen LogP contribution < -0.4 is 5.56 Å². The number of nitrogens with one attached hydrogen (secondary N) is 1. The van der Waals surface area contributed by atoms with Crippen LogP contribution >= 0.6 is 0 Å². The molecule has 0 saturated heterocycles. The van der Waals surface area contributed by atoms with Crippen LogP contribution in [-0.4, -0.2) is 53.7 Å². The zero-order chi connectivity index (χ0) is 16.8. The average Bonchev–Trinajstić information content (AvgIpc) is 2.74. The van der Waals surface area contributed by atoms with Crippen molar-refractivity contribution in [2.24, 2.45) is 0 Å². The molecule has 0 unspecified atom stereocenters. The number of hydrogen-bond acceptors (Lipinski definition) is 4. The van der Waals surface area contributed by atoms with E-state index in [0.717, 1.165) is 48.3 Å². The number of pyridine rings is 1. The maximum atomic E-state index is 12.6. The molecule has 1 aromatic rings. The highest BCUT2D eigenvalue weighted by Crippen LogP contribution is 2.18. The summed E-state index contributed by atoms with van der Waals surface area (Å²) in [5, 5.41) is 8.96. The Bertz CT molecular complexity index is 638.